The van der Waals surface area contributed by atoms with Crippen molar-refractivity contribution in [3.8, 4) is 0 Å². The predicted molar refractivity (Wildman–Crippen MR) is 68.6 cm³/mol. The SMILES string of the molecule is O=S(=O)(Nc1ccc(Cl)cc1)c1cc(F)cc(F)c1. The van der Waals surface area contributed by atoms with Gasteiger partial charge in [-0.2, -0.15) is 0 Å². The standard InChI is InChI=1S/C12H8ClF2NO2S/c13-8-1-3-11(4-2-8)16-19(17,18)12-6-9(14)5-10(15)7-12/h1-7,16H. The molecule has 0 aliphatic heterocycles. The number of anilines is 1. The Balaban J connectivity index is 2.34. The first kappa shape index (κ1) is 13.8. The molecule has 0 aliphatic carbocycles. The summed E-state index contributed by atoms with van der Waals surface area (Å²) in [5.74, 6) is -1.92. The van der Waals surface area contributed by atoms with Gasteiger partial charge in [0.15, 0.2) is 0 Å². The molecule has 2 aromatic rings. The maximum Gasteiger partial charge on any atom is 0.262 e. The van der Waals surface area contributed by atoms with Gasteiger partial charge in [-0.1, -0.05) is 11.6 Å². The van der Waals surface area contributed by atoms with E-state index in [1.54, 1.807) is 0 Å². The lowest BCUT2D eigenvalue weighted by Crippen LogP contribution is -2.13. The molecule has 0 atom stereocenters. The maximum absolute atomic E-state index is 13.0. The Hall–Kier alpha value is -1.66. The number of hydrogen-bond donors (Lipinski definition) is 1. The molecular formula is C12H8ClF2NO2S. The first-order valence-corrected chi connectivity index (χ1v) is 6.97. The highest BCUT2D eigenvalue weighted by atomic mass is 35.5. The van der Waals surface area contributed by atoms with Gasteiger partial charge in [0.2, 0.25) is 0 Å². The van der Waals surface area contributed by atoms with E-state index >= 15 is 0 Å². The molecule has 100 valence electrons. The summed E-state index contributed by atoms with van der Waals surface area (Å²) >= 11 is 5.67. The zero-order chi connectivity index (χ0) is 14.0. The van der Waals surface area contributed by atoms with Crippen molar-refractivity contribution < 1.29 is 17.2 Å². The number of halogens is 3. The Kier molecular flexibility index (Phi) is 3.73. The smallest absolute Gasteiger partial charge is 0.262 e. The molecule has 0 radical (unpaired) electrons. The van der Waals surface area contributed by atoms with Crippen LogP contribution in [0.2, 0.25) is 5.02 Å². The van der Waals surface area contributed by atoms with Crippen LogP contribution >= 0.6 is 11.6 Å². The summed E-state index contributed by atoms with van der Waals surface area (Å²) in [4.78, 5) is -0.486. The largest absolute Gasteiger partial charge is 0.280 e. The Morgan fingerprint density at radius 1 is 0.947 bits per heavy atom. The third kappa shape index (κ3) is 3.42. The molecule has 7 heteroatoms. The van der Waals surface area contributed by atoms with Gasteiger partial charge < -0.3 is 0 Å². The summed E-state index contributed by atoms with van der Waals surface area (Å²) in [6, 6.07) is 7.94. The topological polar surface area (TPSA) is 46.2 Å². The van der Waals surface area contributed by atoms with E-state index < -0.39 is 26.6 Å². The number of sulfonamides is 1. The van der Waals surface area contributed by atoms with Gasteiger partial charge in [-0.05, 0) is 36.4 Å². The third-order valence-corrected chi connectivity index (χ3v) is 3.86. The van der Waals surface area contributed by atoms with Crippen LogP contribution in [0.3, 0.4) is 0 Å². The van der Waals surface area contributed by atoms with Crippen molar-refractivity contribution in [3.05, 3.63) is 59.1 Å². The van der Waals surface area contributed by atoms with Crippen LogP contribution in [0.15, 0.2) is 47.4 Å². The summed E-state index contributed by atoms with van der Waals surface area (Å²) in [6.45, 7) is 0. The van der Waals surface area contributed by atoms with E-state index in [0.29, 0.717) is 11.1 Å². The minimum Gasteiger partial charge on any atom is -0.280 e. The van der Waals surface area contributed by atoms with Crippen LogP contribution in [0.25, 0.3) is 0 Å². The zero-order valence-corrected chi connectivity index (χ0v) is 11.0. The molecule has 0 amide bonds. The van der Waals surface area contributed by atoms with Crippen molar-refractivity contribution in [2.75, 3.05) is 4.72 Å². The molecule has 0 saturated carbocycles. The van der Waals surface area contributed by atoms with Crippen molar-refractivity contribution in [1.82, 2.24) is 0 Å². The summed E-state index contributed by atoms with van der Waals surface area (Å²) in [5.41, 5.74) is 0.245. The van der Waals surface area contributed by atoms with Gasteiger partial charge in [0.1, 0.15) is 11.6 Å². The minimum atomic E-state index is -4.04. The highest BCUT2D eigenvalue weighted by Gasteiger charge is 2.16. The van der Waals surface area contributed by atoms with E-state index in [9.17, 15) is 17.2 Å². The minimum absolute atomic E-state index is 0.245. The predicted octanol–water partition coefficient (Wildman–Crippen LogP) is 3.42. The average molecular weight is 304 g/mol. The van der Waals surface area contributed by atoms with Crippen molar-refractivity contribution in [2.24, 2.45) is 0 Å². The maximum atomic E-state index is 13.0. The third-order valence-electron chi connectivity index (χ3n) is 2.24. The van der Waals surface area contributed by atoms with Crippen LogP contribution in [0.4, 0.5) is 14.5 Å². The van der Waals surface area contributed by atoms with E-state index in [4.69, 9.17) is 11.6 Å². The Labute approximate surface area is 113 Å². The van der Waals surface area contributed by atoms with E-state index in [1.165, 1.54) is 24.3 Å². The second kappa shape index (κ2) is 5.14. The number of nitrogens with one attached hydrogen (secondary N) is 1. The Morgan fingerprint density at radius 2 is 1.47 bits per heavy atom. The normalized spacial score (nSPS) is 11.3. The Bertz CT molecular complexity index is 682. The molecule has 19 heavy (non-hydrogen) atoms. The van der Waals surface area contributed by atoms with Gasteiger partial charge in [0.25, 0.3) is 10.0 Å². The lowest BCUT2D eigenvalue weighted by Gasteiger charge is -2.08. The van der Waals surface area contributed by atoms with Gasteiger partial charge in [0.05, 0.1) is 4.90 Å². The second-order valence-electron chi connectivity index (χ2n) is 3.72. The fraction of sp³-hybridized carbons (Fsp3) is 0. The molecule has 0 unspecified atom stereocenters. The molecule has 2 aromatic carbocycles. The van der Waals surface area contributed by atoms with Crippen LogP contribution in [-0.2, 0) is 10.0 Å². The molecule has 0 saturated heterocycles. The fourth-order valence-corrected chi connectivity index (χ4v) is 2.64. The summed E-state index contributed by atoms with van der Waals surface area (Å²) < 4.78 is 52.0. The molecule has 0 bridgehead atoms. The molecule has 1 N–H and O–H groups in total. The van der Waals surface area contributed by atoms with E-state index in [2.05, 4.69) is 4.72 Å². The average Bonchev–Trinajstić information content (AvgIpc) is 2.31. The second-order valence-corrected chi connectivity index (χ2v) is 5.84. The van der Waals surface area contributed by atoms with E-state index in [-0.39, 0.29) is 5.69 Å². The fourth-order valence-electron chi connectivity index (χ4n) is 1.42. The van der Waals surface area contributed by atoms with Gasteiger partial charge in [-0.25, -0.2) is 17.2 Å². The first-order chi connectivity index (χ1) is 8.87. The van der Waals surface area contributed by atoms with Gasteiger partial charge in [0, 0.05) is 16.8 Å². The monoisotopic (exact) mass is 303 g/mol. The summed E-state index contributed by atoms with van der Waals surface area (Å²) in [5, 5.41) is 0.444. The van der Waals surface area contributed by atoms with Crippen LogP contribution in [0, 0.1) is 11.6 Å². The van der Waals surface area contributed by atoms with Gasteiger partial charge >= 0.3 is 0 Å². The first-order valence-electron chi connectivity index (χ1n) is 5.11. The number of rotatable bonds is 3. The number of hydrogen-bond acceptors (Lipinski definition) is 2. The highest BCUT2D eigenvalue weighted by molar-refractivity contribution is 7.92. The molecular weight excluding hydrogens is 296 g/mol. The molecule has 0 heterocycles. The Morgan fingerprint density at radius 3 is 2.00 bits per heavy atom. The van der Waals surface area contributed by atoms with Crippen LogP contribution < -0.4 is 4.72 Å². The van der Waals surface area contributed by atoms with Crippen molar-refractivity contribution in [3.63, 3.8) is 0 Å². The summed E-state index contributed by atoms with van der Waals surface area (Å²) in [7, 11) is -4.04. The number of benzene rings is 2. The van der Waals surface area contributed by atoms with E-state index in [1.807, 2.05) is 0 Å². The van der Waals surface area contributed by atoms with Gasteiger partial charge in [-0.3, -0.25) is 4.72 Å². The van der Waals surface area contributed by atoms with Crippen molar-refractivity contribution in [2.45, 2.75) is 4.90 Å². The van der Waals surface area contributed by atoms with Crippen molar-refractivity contribution >= 4 is 27.3 Å². The quantitative estimate of drug-likeness (QED) is 0.944. The molecule has 0 spiro atoms. The van der Waals surface area contributed by atoms with Crippen molar-refractivity contribution in [1.29, 1.82) is 0 Å². The highest BCUT2D eigenvalue weighted by Crippen LogP contribution is 2.19. The van der Waals surface area contributed by atoms with E-state index in [0.717, 1.165) is 12.1 Å². The van der Waals surface area contributed by atoms with Crippen LogP contribution in [-0.4, -0.2) is 8.42 Å². The molecule has 3 nitrogen and oxygen atoms in total. The molecule has 0 aromatic heterocycles. The molecule has 0 aliphatic rings. The lowest BCUT2D eigenvalue weighted by molar-refractivity contribution is 0.568. The van der Waals surface area contributed by atoms with Crippen LogP contribution in [0.1, 0.15) is 0 Å². The molecule has 2 rings (SSSR count). The zero-order valence-electron chi connectivity index (χ0n) is 9.40. The van der Waals surface area contributed by atoms with Gasteiger partial charge in [-0.15, -0.1) is 0 Å². The molecule has 0 fully saturated rings. The lowest BCUT2D eigenvalue weighted by atomic mass is 10.3. The van der Waals surface area contributed by atoms with Crippen LogP contribution in [0.5, 0.6) is 0 Å². The summed E-state index contributed by atoms with van der Waals surface area (Å²) in [6.07, 6.45) is 0.